The molecular formula is C21H31NO2. The van der Waals surface area contributed by atoms with E-state index in [2.05, 4.69) is 25.9 Å². The Kier molecular flexibility index (Phi) is 3.00. The first-order valence-corrected chi connectivity index (χ1v) is 10.00. The van der Waals surface area contributed by atoms with E-state index in [1.54, 1.807) is 0 Å². The molecule has 5 rings (SSSR count). The Morgan fingerprint density at radius 3 is 2.71 bits per heavy atom. The molecule has 3 fully saturated rings. The Balaban J connectivity index is 1.50. The molecule has 24 heavy (non-hydrogen) atoms. The molecule has 0 bridgehead atoms. The van der Waals surface area contributed by atoms with Gasteiger partial charge >= 0.3 is 0 Å². The summed E-state index contributed by atoms with van der Waals surface area (Å²) in [5.74, 6) is 3.10. The number of hydrogen-bond acceptors (Lipinski definition) is 3. The maximum absolute atomic E-state index is 11.0. The molecule has 0 unspecified atom stereocenters. The number of nitrogens with zero attached hydrogens (tertiary/aromatic N) is 1. The fraction of sp³-hybridized carbons (Fsp3) is 0.857. The molecule has 3 saturated carbocycles. The number of fused-ring (bicyclic) bond motifs is 6. The van der Waals surface area contributed by atoms with Crippen LogP contribution >= 0.6 is 0 Å². The van der Waals surface area contributed by atoms with E-state index in [1.807, 2.05) is 6.26 Å². The van der Waals surface area contributed by atoms with Gasteiger partial charge < -0.3 is 9.63 Å². The molecule has 132 valence electrons. The lowest BCUT2D eigenvalue weighted by Crippen LogP contribution is -2.56. The third-order valence-corrected chi connectivity index (χ3v) is 9.37. The van der Waals surface area contributed by atoms with Crippen LogP contribution in [0, 0.1) is 34.5 Å². The quantitative estimate of drug-likeness (QED) is 0.768. The predicted octanol–water partition coefficient (Wildman–Crippen LogP) is 4.38. The maximum Gasteiger partial charge on any atom is 0.127 e. The van der Waals surface area contributed by atoms with Crippen molar-refractivity contribution in [3.63, 3.8) is 0 Å². The summed E-state index contributed by atoms with van der Waals surface area (Å²) in [6.07, 6.45) is 11.6. The lowest BCUT2D eigenvalue weighted by atomic mass is 9.44. The van der Waals surface area contributed by atoms with Crippen molar-refractivity contribution in [2.24, 2.45) is 34.5 Å². The number of hydrogen-bond donors (Lipinski definition) is 1. The van der Waals surface area contributed by atoms with Crippen molar-refractivity contribution in [1.29, 1.82) is 0 Å². The first-order chi connectivity index (χ1) is 11.4. The highest BCUT2D eigenvalue weighted by atomic mass is 16.5. The van der Waals surface area contributed by atoms with E-state index in [0.29, 0.717) is 11.3 Å². The molecule has 0 aromatic carbocycles. The molecule has 1 aromatic heterocycles. The Morgan fingerprint density at radius 2 is 1.88 bits per heavy atom. The highest BCUT2D eigenvalue weighted by Gasteiger charge is 2.63. The molecule has 1 heterocycles. The second kappa shape index (κ2) is 4.66. The highest BCUT2D eigenvalue weighted by molar-refractivity contribution is 5.25. The minimum Gasteiger partial charge on any atom is -0.390 e. The lowest BCUT2D eigenvalue weighted by Gasteiger charge is -2.60. The lowest BCUT2D eigenvalue weighted by molar-refractivity contribution is -0.139. The fourth-order valence-corrected chi connectivity index (χ4v) is 7.63. The molecule has 3 heteroatoms. The summed E-state index contributed by atoms with van der Waals surface area (Å²) in [5.41, 5.74) is 2.65. The van der Waals surface area contributed by atoms with Crippen LogP contribution in [0.1, 0.15) is 70.6 Å². The second-order valence-electron chi connectivity index (χ2n) is 10.1. The molecular weight excluding hydrogens is 298 g/mol. The Bertz CT molecular complexity index is 665. The van der Waals surface area contributed by atoms with Crippen LogP contribution < -0.4 is 0 Å². The topological polar surface area (TPSA) is 46.3 Å². The van der Waals surface area contributed by atoms with Gasteiger partial charge in [-0.25, -0.2) is 0 Å². The van der Waals surface area contributed by atoms with Crippen molar-refractivity contribution < 1.29 is 9.63 Å². The van der Waals surface area contributed by atoms with Crippen molar-refractivity contribution in [3.05, 3.63) is 17.5 Å². The average Bonchev–Trinajstić information content (AvgIpc) is 3.06. The van der Waals surface area contributed by atoms with Gasteiger partial charge in [0.2, 0.25) is 0 Å². The van der Waals surface area contributed by atoms with Gasteiger partial charge in [-0.15, -0.1) is 0 Å². The smallest absolute Gasteiger partial charge is 0.127 e. The van der Waals surface area contributed by atoms with Gasteiger partial charge in [-0.05, 0) is 92.8 Å². The third kappa shape index (κ3) is 1.75. The molecule has 0 saturated heterocycles. The number of aromatic nitrogens is 1. The zero-order valence-corrected chi connectivity index (χ0v) is 15.3. The molecule has 0 aliphatic heterocycles. The summed E-state index contributed by atoms with van der Waals surface area (Å²) in [4.78, 5) is 0. The molecule has 4 aliphatic carbocycles. The van der Waals surface area contributed by atoms with Gasteiger partial charge in [0.25, 0.3) is 0 Å². The van der Waals surface area contributed by atoms with Gasteiger partial charge in [0.05, 0.1) is 11.3 Å². The molecule has 0 radical (unpaired) electrons. The molecule has 1 aromatic rings. The van der Waals surface area contributed by atoms with Crippen molar-refractivity contribution in [3.8, 4) is 0 Å². The molecule has 3 nitrogen and oxygen atoms in total. The molecule has 0 amide bonds. The maximum atomic E-state index is 11.0. The normalized spacial score (nSPS) is 53.0. The molecule has 1 N–H and O–H groups in total. The molecule has 7 atom stereocenters. The minimum atomic E-state index is -0.464. The van der Waals surface area contributed by atoms with Crippen molar-refractivity contribution in [2.45, 2.75) is 77.7 Å². The van der Waals surface area contributed by atoms with E-state index in [-0.39, 0.29) is 5.41 Å². The Hall–Kier alpha value is -0.830. The minimum absolute atomic E-state index is 0.133. The fourth-order valence-electron chi connectivity index (χ4n) is 7.63. The summed E-state index contributed by atoms with van der Waals surface area (Å²) in [6.45, 7) is 7.04. The van der Waals surface area contributed by atoms with Crippen LogP contribution in [-0.4, -0.2) is 15.9 Å². The van der Waals surface area contributed by atoms with Crippen LogP contribution in [0.2, 0.25) is 0 Å². The van der Waals surface area contributed by atoms with Gasteiger partial charge in [-0.2, -0.15) is 0 Å². The van der Waals surface area contributed by atoms with Gasteiger partial charge in [-0.1, -0.05) is 19.0 Å². The predicted molar refractivity (Wildman–Crippen MR) is 92.4 cm³/mol. The first-order valence-electron chi connectivity index (χ1n) is 10.00. The van der Waals surface area contributed by atoms with E-state index in [1.165, 1.54) is 43.4 Å². The summed E-state index contributed by atoms with van der Waals surface area (Å²) in [5, 5.41) is 15.3. The van der Waals surface area contributed by atoms with Crippen LogP contribution in [0.5, 0.6) is 0 Å². The zero-order chi connectivity index (χ0) is 16.7. The van der Waals surface area contributed by atoms with Gasteiger partial charge in [0.15, 0.2) is 0 Å². The van der Waals surface area contributed by atoms with E-state index in [9.17, 15) is 5.11 Å². The van der Waals surface area contributed by atoms with E-state index < -0.39 is 5.60 Å². The SMILES string of the molecule is C[C@]12Cc3conc3C[C@@H]1CC[C@H]1[C@H]3CC[C@@](C)(O)[C@]3(C)CC[C@@H]12. The third-order valence-electron chi connectivity index (χ3n) is 9.37. The largest absolute Gasteiger partial charge is 0.390 e. The van der Waals surface area contributed by atoms with Crippen LogP contribution in [-0.2, 0) is 12.8 Å². The van der Waals surface area contributed by atoms with Crippen LogP contribution in [0.4, 0.5) is 0 Å². The summed E-state index contributed by atoms with van der Waals surface area (Å²) >= 11 is 0. The standard InChI is InChI=1S/C21H31NO2/c1-19-11-13-12-24-22-18(13)10-14(19)4-5-15-16(19)6-8-20(2)17(15)7-9-21(20,3)23/h12,14-17,23H,4-11H2,1-3H3/t14-,15+,16-,17+,19-,20+,21+/m0/s1. The number of aliphatic hydroxyl groups is 1. The van der Waals surface area contributed by atoms with Crippen molar-refractivity contribution in [1.82, 2.24) is 5.16 Å². The number of rotatable bonds is 0. The van der Waals surface area contributed by atoms with Gasteiger partial charge in [0, 0.05) is 5.56 Å². The van der Waals surface area contributed by atoms with Gasteiger partial charge in [-0.3, -0.25) is 0 Å². The van der Waals surface area contributed by atoms with Crippen molar-refractivity contribution in [2.75, 3.05) is 0 Å². The summed E-state index contributed by atoms with van der Waals surface area (Å²) in [7, 11) is 0. The zero-order valence-electron chi connectivity index (χ0n) is 15.3. The van der Waals surface area contributed by atoms with Crippen LogP contribution in [0.25, 0.3) is 0 Å². The van der Waals surface area contributed by atoms with Crippen LogP contribution in [0.3, 0.4) is 0 Å². The van der Waals surface area contributed by atoms with E-state index >= 15 is 0 Å². The van der Waals surface area contributed by atoms with E-state index in [0.717, 1.165) is 37.0 Å². The Morgan fingerprint density at radius 1 is 1.08 bits per heavy atom. The molecule has 0 spiro atoms. The summed E-state index contributed by atoms with van der Waals surface area (Å²) < 4.78 is 5.28. The highest BCUT2D eigenvalue weighted by Crippen LogP contribution is 2.67. The van der Waals surface area contributed by atoms with Crippen molar-refractivity contribution >= 4 is 0 Å². The van der Waals surface area contributed by atoms with Crippen LogP contribution in [0.15, 0.2) is 10.8 Å². The first kappa shape index (κ1) is 15.4. The summed E-state index contributed by atoms with van der Waals surface area (Å²) in [6, 6.07) is 0. The van der Waals surface area contributed by atoms with E-state index in [4.69, 9.17) is 4.52 Å². The second-order valence-corrected chi connectivity index (χ2v) is 10.1. The average molecular weight is 329 g/mol. The molecule has 4 aliphatic rings. The Labute approximate surface area is 145 Å². The monoisotopic (exact) mass is 329 g/mol. The van der Waals surface area contributed by atoms with Gasteiger partial charge in [0.1, 0.15) is 6.26 Å².